The number of rotatable bonds is 3. The maximum Gasteiger partial charge on any atom is 0.307 e. The second-order valence-electron chi connectivity index (χ2n) is 6.34. The van der Waals surface area contributed by atoms with E-state index in [4.69, 9.17) is 0 Å². The summed E-state index contributed by atoms with van der Waals surface area (Å²) in [5, 5.41) is 9.41. The van der Waals surface area contributed by atoms with Gasteiger partial charge in [-0.05, 0) is 49.3 Å². The van der Waals surface area contributed by atoms with E-state index < -0.39 is 5.97 Å². The maximum atomic E-state index is 11.4. The van der Waals surface area contributed by atoms with Gasteiger partial charge in [0.25, 0.3) is 0 Å². The van der Waals surface area contributed by atoms with Gasteiger partial charge in [-0.25, -0.2) is 0 Å². The molecule has 100 valence electrons. The van der Waals surface area contributed by atoms with E-state index in [0.717, 1.165) is 0 Å². The van der Waals surface area contributed by atoms with E-state index in [9.17, 15) is 9.90 Å². The van der Waals surface area contributed by atoms with Crippen LogP contribution in [0.1, 0.15) is 43.0 Å². The molecule has 0 amide bonds. The quantitative estimate of drug-likeness (QED) is 0.880. The van der Waals surface area contributed by atoms with Crippen molar-refractivity contribution in [3.63, 3.8) is 0 Å². The number of benzene rings is 1. The summed E-state index contributed by atoms with van der Waals surface area (Å²) in [6.45, 7) is 12.2. The van der Waals surface area contributed by atoms with Gasteiger partial charge < -0.3 is 5.11 Å². The summed E-state index contributed by atoms with van der Waals surface area (Å²) >= 11 is 0. The van der Waals surface area contributed by atoms with Crippen LogP contribution < -0.4 is 0 Å². The van der Waals surface area contributed by atoms with E-state index in [0.29, 0.717) is 6.42 Å². The van der Waals surface area contributed by atoms with Gasteiger partial charge >= 0.3 is 5.97 Å². The average molecular weight is 248 g/mol. The smallest absolute Gasteiger partial charge is 0.307 e. The Bertz CT molecular complexity index is 430. The Morgan fingerprint density at radius 1 is 1.17 bits per heavy atom. The molecule has 0 bridgehead atoms. The van der Waals surface area contributed by atoms with E-state index in [1.807, 2.05) is 20.8 Å². The van der Waals surface area contributed by atoms with Gasteiger partial charge in [0.15, 0.2) is 0 Å². The number of aliphatic carboxylic acids is 1. The molecule has 2 nitrogen and oxygen atoms in total. The number of hydrogen-bond acceptors (Lipinski definition) is 1. The van der Waals surface area contributed by atoms with Crippen molar-refractivity contribution in [2.45, 2.75) is 48.0 Å². The Hall–Kier alpha value is -1.31. The van der Waals surface area contributed by atoms with Crippen LogP contribution in [-0.2, 0) is 11.2 Å². The molecule has 1 unspecified atom stereocenters. The molecule has 0 aliphatic rings. The zero-order valence-electron chi connectivity index (χ0n) is 12.3. The minimum atomic E-state index is -0.707. The minimum Gasteiger partial charge on any atom is -0.481 e. The molecule has 0 aliphatic heterocycles. The molecule has 1 N–H and O–H groups in total. The molecule has 0 aromatic heterocycles. The molecule has 2 heteroatoms. The fraction of sp³-hybridized carbons (Fsp3) is 0.562. The first-order valence-corrected chi connectivity index (χ1v) is 6.42. The summed E-state index contributed by atoms with van der Waals surface area (Å²) in [7, 11) is 0. The second-order valence-corrected chi connectivity index (χ2v) is 6.34. The average Bonchev–Trinajstić information content (AvgIpc) is 2.12. The van der Waals surface area contributed by atoms with Crippen LogP contribution in [0.5, 0.6) is 0 Å². The highest BCUT2D eigenvalue weighted by atomic mass is 16.4. The lowest BCUT2D eigenvalue weighted by Crippen LogP contribution is -2.30. The first-order valence-electron chi connectivity index (χ1n) is 6.42. The van der Waals surface area contributed by atoms with Crippen LogP contribution in [0.4, 0.5) is 0 Å². The molecule has 1 rings (SSSR count). The minimum absolute atomic E-state index is 0.227. The van der Waals surface area contributed by atoms with Crippen molar-refractivity contribution in [2.75, 3.05) is 0 Å². The number of aryl methyl sites for hydroxylation is 3. The third kappa shape index (κ3) is 3.34. The summed E-state index contributed by atoms with van der Waals surface area (Å²) in [6, 6.07) is 4.26. The first-order chi connectivity index (χ1) is 8.12. The third-order valence-corrected chi connectivity index (χ3v) is 3.59. The van der Waals surface area contributed by atoms with Gasteiger partial charge in [0.2, 0.25) is 0 Å². The topological polar surface area (TPSA) is 37.3 Å². The second kappa shape index (κ2) is 5.13. The van der Waals surface area contributed by atoms with Crippen LogP contribution in [0.3, 0.4) is 0 Å². The SMILES string of the molecule is Cc1cc(C)c(CC(C(=O)O)C(C)(C)C)c(C)c1. The van der Waals surface area contributed by atoms with Crippen molar-refractivity contribution in [1.82, 2.24) is 0 Å². The molecule has 0 saturated heterocycles. The van der Waals surface area contributed by atoms with Gasteiger partial charge in [-0.15, -0.1) is 0 Å². The molecule has 1 atom stereocenters. The van der Waals surface area contributed by atoms with Crippen molar-refractivity contribution in [3.8, 4) is 0 Å². The molecule has 18 heavy (non-hydrogen) atoms. The van der Waals surface area contributed by atoms with Crippen LogP contribution >= 0.6 is 0 Å². The van der Waals surface area contributed by atoms with Crippen molar-refractivity contribution >= 4 is 5.97 Å². The molecule has 0 aliphatic carbocycles. The predicted molar refractivity (Wildman–Crippen MR) is 74.9 cm³/mol. The standard InChI is InChI=1S/C16H24O2/c1-10-7-11(2)13(12(3)8-10)9-14(15(17)18)16(4,5)6/h7-8,14H,9H2,1-6H3,(H,17,18). The monoisotopic (exact) mass is 248 g/mol. The van der Waals surface area contributed by atoms with Crippen LogP contribution in [0.2, 0.25) is 0 Å². The van der Waals surface area contributed by atoms with Gasteiger partial charge in [-0.2, -0.15) is 0 Å². The van der Waals surface area contributed by atoms with Gasteiger partial charge in [-0.1, -0.05) is 38.5 Å². The van der Waals surface area contributed by atoms with Crippen LogP contribution in [0, 0.1) is 32.1 Å². The zero-order chi connectivity index (χ0) is 14.1. The van der Waals surface area contributed by atoms with E-state index in [2.05, 4.69) is 32.9 Å². The fourth-order valence-electron chi connectivity index (χ4n) is 2.50. The van der Waals surface area contributed by atoms with Crippen molar-refractivity contribution in [2.24, 2.45) is 11.3 Å². The summed E-state index contributed by atoms with van der Waals surface area (Å²) in [5.41, 5.74) is 4.58. The van der Waals surface area contributed by atoms with Crippen molar-refractivity contribution < 1.29 is 9.90 Å². The van der Waals surface area contributed by atoms with Crippen LogP contribution in [-0.4, -0.2) is 11.1 Å². The highest BCUT2D eigenvalue weighted by molar-refractivity contribution is 5.71. The number of carboxylic acids is 1. The molecule has 1 aromatic rings. The summed E-state index contributed by atoms with van der Waals surface area (Å²) in [6.07, 6.45) is 0.608. The van der Waals surface area contributed by atoms with Crippen LogP contribution in [0.15, 0.2) is 12.1 Å². The molecule has 1 aromatic carbocycles. The Kier molecular flexibility index (Phi) is 4.20. The Morgan fingerprint density at radius 3 is 1.94 bits per heavy atom. The lowest BCUT2D eigenvalue weighted by Gasteiger charge is -2.28. The third-order valence-electron chi connectivity index (χ3n) is 3.59. The number of carbonyl (C=O) groups is 1. The molecular weight excluding hydrogens is 224 g/mol. The molecule has 0 saturated carbocycles. The maximum absolute atomic E-state index is 11.4. The highest BCUT2D eigenvalue weighted by Crippen LogP contribution is 2.31. The molecular formula is C16H24O2. The largest absolute Gasteiger partial charge is 0.481 e. The zero-order valence-corrected chi connectivity index (χ0v) is 12.3. The van der Waals surface area contributed by atoms with Gasteiger partial charge in [0.1, 0.15) is 0 Å². The summed E-state index contributed by atoms with van der Waals surface area (Å²) in [5.74, 6) is -1.06. The Balaban J connectivity index is 3.13. The Labute approximate surface area is 110 Å². The van der Waals surface area contributed by atoms with Gasteiger partial charge in [0.05, 0.1) is 5.92 Å². The number of hydrogen-bond donors (Lipinski definition) is 1. The van der Waals surface area contributed by atoms with Gasteiger partial charge in [0, 0.05) is 0 Å². The van der Waals surface area contributed by atoms with Crippen molar-refractivity contribution in [1.29, 1.82) is 0 Å². The normalized spacial score (nSPS) is 13.4. The molecule has 0 heterocycles. The lowest BCUT2D eigenvalue weighted by molar-refractivity contribution is -0.145. The molecule has 0 radical (unpaired) electrons. The first kappa shape index (κ1) is 14.7. The summed E-state index contributed by atoms with van der Waals surface area (Å²) < 4.78 is 0. The van der Waals surface area contributed by atoms with Crippen LogP contribution in [0.25, 0.3) is 0 Å². The fourth-order valence-corrected chi connectivity index (χ4v) is 2.50. The molecule has 0 fully saturated rings. The van der Waals surface area contributed by atoms with Crippen molar-refractivity contribution in [3.05, 3.63) is 34.4 Å². The predicted octanol–water partition coefficient (Wildman–Crippen LogP) is 3.90. The summed E-state index contributed by atoms with van der Waals surface area (Å²) in [4.78, 5) is 11.4. The number of carboxylic acid groups (broad SMARTS) is 1. The lowest BCUT2D eigenvalue weighted by atomic mass is 9.76. The molecule has 0 spiro atoms. The van der Waals surface area contributed by atoms with E-state index in [1.54, 1.807) is 0 Å². The van der Waals surface area contributed by atoms with E-state index in [-0.39, 0.29) is 11.3 Å². The van der Waals surface area contributed by atoms with E-state index in [1.165, 1.54) is 22.3 Å². The van der Waals surface area contributed by atoms with Gasteiger partial charge in [-0.3, -0.25) is 4.79 Å². The van der Waals surface area contributed by atoms with E-state index >= 15 is 0 Å². The highest BCUT2D eigenvalue weighted by Gasteiger charge is 2.31. The Morgan fingerprint density at radius 2 is 1.61 bits per heavy atom.